The van der Waals surface area contributed by atoms with Gasteiger partial charge in [-0.1, -0.05) is 18.2 Å². The molecule has 0 saturated carbocycles. The number of nitrogens with one attached hydrogen (secondary N) is 1. The lowest BCUT2D eigenvalue weighted by Gasteiger charge is -2.23. The first-order valence-electron chi connectivity index (χ1n) is 8.37. The van der Waals surface area contributed by atoms with E-state index in [1.807, 2.05) is 0 Å². The van der Waals surface area contributed by atoms with Crippen LogP contribution in [0, 0.1) is 0 Å². The number of amides is 2. The van der Waals surface area contributed by atoms with Crippen molar-refractivity contribution in [3.63, 3.8) is 0 Å². The predicted octanol–water partition coefficient (Wildman–Crippen LogP) is 2.90. The van der Waals surface area contributed by atoms with Crippen molar-refractivity contribution in [1.82, 2.24) is 4.31 Å². The fourth-order valence-electron chi connectivity index (χ4n) is 2.87. The molecule has 1 aliphatic heterocycles. The van der Waals surface area contributed by atoms with Gasteiger partial charge in [-0.2, -0.15) is 0 Å². The van der Waals surface area contributed by atoms with Gasteiger partial charge in [0.15, 0.2) is 0 Å². The van der Waals surface area contributed by atoms with Gasteiger partial charge in [0.1, 0.15) is 11.8 Å². The van der Waals surface area contributed by atoms with Crippen LogP contribution in [-0.2, 0) is 19.6 Å². The fourth-order valence-corrected chi connectivity index (χ4v) is 4.50. The standard InChI is InChI=1S/C18H15F3N2O5S/c19-18(20,21)28-13-8-6-12(7-9-13)22-17(25)15-10-11-16(24)23(15)29(26,27)14-4-2-1-3-5-14/h1-9,15H,10-11H2,(H,22,25)/t15-/m1/s1. The summed E-state index contributed by atoms with van der Waals surface area (Å²) in [5.41, 5.74) is 0.126. The van der Waals surface area contributed by atoms with E-state index in [4.69, 9.17) is 0 Å². The van der Waals surface area contributed by atoms with Gasteiger partial charge >= 0.3 is 6.36 Å². The van der Waals surface area contributed by atoms with Gasteiger partial charge in [-0.25, -0.2) is 12.7 Å². The topological polar surface area (TPSA) is 92.8 Å². The summed E-state index contributed by atoms with van der Waals surface area (Å²) in [7, 11) is -4.22. The summed E-state index contributed by atoms with van der Waals surface area (Å²) in [4.78, 5) is 24.6. The lowest BCUT2D eigenvalue weighted by atomic mass is 10.2. The largest absolute Gasteiger partial charge is 0.573 e. The van der Waals surface area contributed by atoms with Crippen molar-refractivity contribution >= 4 is 27.5 Å². The molecule has 1 N–H and O–H groups in total. The maximum atomic E-state index is 12.8. The Balaban J connectivity index is 1.77. The number of halogens is 3. The fraction of sp³-hybridized carbons (Fsp3) is 0.222. The first-order chi connectivity index (χ1) is 13.6. The van der Waals surface area contributed by atoms with E-state index in [0.29, 0.717) is 4.31 Å². The predicted molar refractivity (Wildman–Crippen MR) is 95.3 cm³/mol. The number of benzene rings is 2. The van der Waals surface area contributed by atoms with Crippen LogP contribution in [-0.4, -0.2) is 36.9 Å². The number of alkyl halides is 3. The van der Waals surface area contributed by atoms with Gasteiger partial charge in [0.25, 0.3) is 10.0 Å². The second kappa shape index (κ2) is 7.74. The molecule has 3 rings (SSSR count). The van der Waals surface area contributed by atoms with Gasteiger partial charge in [-0.05, 0) is 42.8 Å². The van der Waals surface area contributed by atoms with E-state index in [-0.39, 0.29) is 23.4 Å². The van der Waals surface area contributed by atoms with Crippen LogP contribution in [0.4, 0.5) is 18.9 Å². The molecule has 154 valence electrons. The van der Waals surface area contributed by atoms with E-state index >= 15 is 0 Å². The van der Waals surface area contributed by atoms with E-state index in [9.17, 15) is 31.2 Å². The van der Waals surface area contributed by atoms with Gasteiger partial charge in [-0.15, -0.1) is 13.2 Å². The van der Waals surface area contributed by atoms with Crippen molar-refractivity contribution in [2.75, 3.05) is 5.32 Å². The van der Waals surface area contributed by atoms with Crippen LogP contribution in [0.15, 0.2) is 59.5 Å². The Morgan fingerprint density at radius 2 is 1.69 bits per heavy atom. The molecule has 1 aliphatic rings. The highest BCUT2D eigenvalue weighted by atomic mass is 32.2. The van der Waals surface area contributed by atoms with E-state index < -0.39 is 40.0 Å². The number of nitrogens with zero attached hydrogens (tertiary/aromatic N) is 1. The molecule has 0 aliphatic carbocycles. The van der Waals surface area contributed by atoms with Crippen molar-refractivity contribution in [3.8, 4) is 5.75 Å². The third kappa shape index (κ3) is 4.67. The lowest BCUT2D eigenvalue weighted by molar-refractivity contribution is -0.274. The summed E-state index contributed by atoms with van der Waals surface area (Å²) in [6.07, 6.45) is -4.98. The second-order valence-corrected chi connectivity index (χ2v) is 7.94. The third-order valence-corrected chi connectivity index (χ3v) is 5.96. The van der Waals surface area contributed by atoms with Crippen LogP contribution in [0.5, 0.6) is 5.75 Å². The molecule has 2 amide bonds. The van der Waals surface area contributed by atoms with E-state index in [1.54, 1.807) is 6.07 Å². The number of sulfonamides is 1. The minimum absolute atomic E-state index is 0.00794. The van der Waals surface area contributed by atoms with Gasteiger partial charge in [0, 0.05) is 12.1 Å². The van der Waals surface area contributed by atoms with Crippen LogP contribution in [0.2, 0.25) is 0 Å². The highest BCUT2D eigenvalue weighted by Gasteiger charge is 2.44. The molecule has 11 heteroatoms. The van der Waals surface area contributed by atoms with E-state index in [1.165, 1.54) is 36.4 Å². The molecule has 1 saturated heterocycles. The summed E-state index contributed by atoms with van der Waals surface area (Å²) in [5, 5.41) is 2.41. The zero-order chi connectivity index (χ0) is 21.2. The van der Waals surface area contributed by atoms with Gasteiger partial charge < -0.3 is 10.1 Å². The van der Waals surface area contributed by atoms with E-state index in [2.05, 4.69) is 10.1 Å². The third-order valence-electron chi connectivity index (χ3n) is 4.12. The summed E-state index contributed by atoms with van der Waals surface area (Å²) < 4.78 is 66.5. The highest BCUT2D eigenvalue weighted by molar-refractivity contribution is 7.89. The van der Waals surface area contributed by atoms with Crippen molar-refractivity contribution in [2.45, 2.75) is 30.1 Å². The van der Waals surface area contributed by atoms with E-state index in [0.717, 1.165) is 12.1 Å². The summed E-state index contributed by atoms with van der Waals surface area (Å²) in [6.45, 7) is 0. The Labute approximate surface area is 164 Å². The number of carbonyl (C=O) groups is 2. The maximum Gasteiger partial charge on any atom is 0.573 e. The van der Waals surface area contributed by atoms with Crippen LogP contribution >= 0.6 is 0 Å². The Morgan fingerprint density at radius 3 is 2.28 bits per heavy atom. The number of rotatable bonds is 5. The van der Waals surface area contributed by atoms with Crippen LogP contribution in [0.25, 0.3) is 0 Å². The van der Waals surface area contributed by atoms with Crippen LogP contribution in [0.1, 0.15) is 12.8 Å². The minimum Gasteiger partial charge on any atom is -0.406 e. The van der Waals surface area contributed by atoms with Crippen molar-refractivity contribution < 1.29 is 35.9 Å². The van der Waals surface area contributed by atoms with Crippen molar-refractivity contribution in [3.05, 3.63) is 54.6 Å². The SMILES string of the molecule is O=C(Nc1ccc(OC(F)(F)F)cc1)[C@H]1CCC(=O)N1S(=O)(=O)c1ccccc1. The monoisotopic (exact) mass is 428 g/mol. The first kappa shape index (κ1) is 20.6. The first-order valence-corrected chi connectivity index (χ1v) is 9.81. The molecular formula is C18H15F3N2O5S. The van der Waals surface area contributed by atoms with Crippen molar-refractivity contribution in [1.29, 1.82) is 0 Å². The quantitative estimate of drug-likeness (QED) is 0.791. The molecule has 1 fully saturated rings. The summed E-state index contributed by atoms with van der Waals surface area (Å²) in [6, 6.07) is 10.3. The van der Waals surface area contributed by atoms with Crippen LogP contribution < -0.4 is 10.1 Å². The zero-order valence-electron chi connectivity index (χ0n) is 14.7. The second-order valence-electron chi connectivity index (χ2n) is 6.12. The number of hydrogen-bond donors (Lipinski definition) is 1. The number of hydrogen-bond acceptors (Lipinski definition) is 5. The highest BCUT2D eigenvalue weighted by Crippen LogP contribution is 2.29. The Morgan fingerprint density at radius 1 is 1.07 bits per heavy atom. The number of anilines is 1. The van der Waals surface area contributed by atoms with Gasteiger partial charge in [-0.3, -0.25) is 9.59 Å². The smallest absolute Gasteiger partial charge is 0.406 e. The van der Waals surface area contributed by atoms with Gasteiger partial charge in [0.2, 0.25) is 11.8 Å². The normalized spacial score (nSPS) is 17.3. The van der Waals surface area contributed by atoms with Crippen LogP contribution in [0.3, 0.4) is 0 Å². The Hall–Kier alpha value is -3.08. The van der Waals surface area contributed by atoms with Crippen molar-refractivity contribution in [2.24, 2.45) is 0 Å². The molecule has 0 radical (unpaired) electrons. The molecule has 0 aromatic heterocycles. The summed E-state index contributed by atoms with van der Waals surface area (Å²) >= 11 is 0. The average molecular weight is 428 g/mol. The zero-order valence-corrected chi connectivity index (χ0v) is 15.5. The lowest BCUT2D eigenvalue weighted by Crippen LogP contribution is -2.45. The average Bonchev–Trinajstić information content (AvgIpc) is 3.05. The Kier molecular flexibility index (Phi) is 5.51. The molecule has 1 atom stereocenters. The molecular weight excluding hydrogens is 413 g/mol. The Bertz CT molecular complexity index is 1010. The molecule has 2 aromatic rings. The molecule has 0 spiro atoms. The maximum absolute atomic E-state index is 12.8. The molecule has 0 bridgehead atoms. The molecule has 1 heterocycles. The minimum atomic E-state index is -4.85. The summed E-state index contributed by atoms with van der Waals surface area (Å²) in [5.74, 6) is -1.94. The molecule has 0 unspecified atom stereocenters. The number of carbonyl (C=O) groups excluding carboxylic acids is 2. The molecule has 29 heavy (non-hydrogen) atoms. The number of ether oxygens (including phenoxy) is 1. The van der Waals surface area contributed by atoms with Gasteiger partial charge in [0.05, 0.1) is 4.90 Å². The molecule has 2 aromatic carbocycles. The molecule has 7 nitrogen and oxygen atoms in total.